The highest BCUT2D eigenvalue weighted by Gasteiger charge is 2.21. The van der Waals surface area contributed by atoms with Crippen LogP contribution in [0.15, 0.2) is 46.7 Å². The maximum Gasteiger partial charge on any atom is 0.410 e. The molecule has 0 unspecified atom stereocenters. The van der Waals surface area contributed by atoms with E-state index in [0.29, 0.717) is 0 Å². The van der Waals surface area contributed by atoms with Gasteiger partial charge in [-0.15, -0.1) is 0 Å². The summed E-state index contributed by atoms with van der Waals surface area (Å²) < 4.78 is 35.0. The van der Waals surface area contributed by atoms with Gasteiger partial charge in [-0.2, -0.15) is 13.2 Å². The van der Waals surface area contributed by atoms with Crippen molar-refractivity contribution in [1.82, 2.24) is 0 Å². The van der Waals surface area contributed by atoms with E-state index in [1.54, 1.807) is 24.3 Å². The summed E-state index contributed by atoms with van der Waals surface area (Å²) in [6.07, 6.45) is -3.99. The average Bonchev–Trinajstić information content (AvgIpc) is 2.04. The molecule has 0 fully saturated rings. The van der Waals surface area contributed by atoms with Crippen molar-refractivity contribution in [1.29, 1.82) is 0 Å². The van der Waals surface area contributed by atoms with Crippen molar-refractivity contribution in [2.75, 3.05) is 0 Å². The van der Waals surface area contributed by atoms with Crippen molar-refractivity contribution >= 4 is 11.8 Å². The molecule has 4 heteroatoms. The maximum absolute atomic E-state index is 11.7. The Labute approximate surface area is 78.5 Å². The first-order chi connectivity index (χ1) is 6.08. The number of thioether (sulfide) groups is 1. The predicted molar refractivity (Wildman–Crippen MR) is 47.5 cm³/mol. The van der Waals surface area contributed by atoms with Gasteiger partial charge in [0.1, 0.15) is 0 Å². The number of hydrogen-bond acceptors (Lipinski definition) is 1. The first-order valence-corrected chi connectivity index (χ1v) is 4.42. The average molecular weight is 204 g/mol. The fourth-order valence-corrected chi connectivity index (χ4v) is 1.38. The summed E-state index contributed by atoms with van der Waals surface area (Å²) in [5, 5.41) is 1.04. The molecule has 0 atom stereocenters. The van der Waals surface area contributed by atoms with Crippen LogP contribution in [0, 0.1) is 0 Å². The Hall–Kier alpha value is -0.900. The minimum atomic E-state index is -4.22. The topological polar surface area (TPSA) is 0 Å². The third-order valence-corrected chi connectivity index (χ3v) is 2.02. The zero-order valence-corrected chi connectivity index (χ0v) is 7.40. The van der Waals surface area contributed by atoms with Gasteiger partial charge in [-0.1, -0.05) is 30.0 Å². The van der Waals surface area contributed by atoms with Gasteiger partial charge in [0.2, 0.25) is 0 Å². The molecule has 0 spiro atoms. The molecule has 0 aliphatic carbocycles. The van der Waals surface area contributed by atoms with Crippen LogP contribution in [0.1, 0.15) is 0 Å². The van der Waals surface area contributed by atoms with Gasteiger partial charge in [-0.25, -0.2) is 0 Å². The molecule has 1 aromatic carbocycles. The van der Waals surface area contributed by atoms with Crippen LogP contribution in [0.4, 0.5) is 13.2 Å². The Balaban J connectivity index is 2.49. The van der Waals surface area contributed by atoms with E-state index in [1.807, 2.05) is 6.07 Å². The largest absolute Gasteiger partial charge is 0.410 e. The zero-order valence-electron chi connectivity index (χ0n) is 6.58. The fourth-order valence-electron chi connectivity index (χ4n) is 0.689. The summed E-state index contributed by atoms with van der Waals surface area (Å²) in [7, 11) is 0. The van der Waals surface area contributed by atoms with Gasteiger partial charge in [-0.05, 0) is 17.5 Å². The van der Waals surface area contributed by atoms with Crippen LogP contribution in [0.3, 0.4) is 0 Å². The molecular weight excluding hydrogens is 197 g/mol. The molecule has 0 aliphatic rings. The first-order valence-electron chi connectivity index (χ1n) is 3.54. The van der Waals surface area contributed by atoms with E-state index in [9.17, 15) is 13.2 Å². The number of rotatable bonds is 2. The summed E-state index contributed by atoms with van der Waals surface area (Å²) >= 11 is 1.05. The monoisotopic (exact) mass is 204 g/mol. The lowest BCUT2D eigenvalue weighted by Crippen LogP contribution is -1.99. The molecule has 0 heterocycles. The molecule has 0 saturated carbocycles. The second-order valence-corrected chi connectivity index (χ2v) is 3.25. The Morgan fingerprint density at radius 3 is 2.23 bits per heavy atom. The van der Waals surface area contributed by atoms with Crippen LogP contribution in [0.5, 0.6) is 0 Å². The molecule has 0 bridgehead atoms. The quantitative estimate of drug-likeness (QED) is 0.659. The molecule has 0 radical (unpaired) electrons. The van der Waals surface area contributed by atoms with Crippen molar-refractivity contribution in [3.63, 3.8) is 0 Å². The maximum atomic E-state index is 11.7. The van der Waals surface area contributed by atoms with Gasteiger partial charge in [-0.3, -0.25) is 0 Å². The number of alkyl halides is 3. The number of hydrogen-bond donors (Lipinski definition) is 0. The number of benzene rings is 1. The molecule has 0 saturated heterocycles. The van der Waals surface area contributed by atoms with E-state index in [1.165, 1.54) is 0 Å². The highest BCUT2D eigenvalue weighted by Crippen LogP contribution is 2.22. The second-order valence-electron chi connectivity index (χ2n) is 2.28. The number of halogens is 3. The third kappa shape index (κ3) is 4.62. The minimum absolute atomic E-state index is 0.227. The van der Waals surface area contributed by atoms with Gasteiger partial charge in [0.05, 0.1) is 0 Å². The Kier molecular flexibility index (Phi) is 3.42. The highest BCUT2D eigenvalue weighted by molar-refractivity contribution is 8.02. The molecule has 0 aromatic heterocycles. The van der Waals surface area contributed by atoms with Gasteiger partial charge in [0.15, 0.2) is 0 Å². The molecular formula is C9H7F3S. The van der Waals surface area contributed by atoms with Gasteiger partial charge < -0.3 is 0 Å². The third-order valence-electron chi connectivity index (χ3n) is 1.20. The van der Waals surface area contributed by atoms with E-state index in [-0.39, 0.29) is 6.08 Å². The van der Waals surface area contributed by atoms with Gasteiger partial charge in [0, 0.05) is 11.0 Å². The first kappa shape index (κ1) is 10.2. The van der Waals surface area contributed by atoms with Crippen molar-refractivity contribution in [2.24, 2.45) is 0 Å². The highest BCUT2D eigenvalue weighted by atomic mass is 32.2. The summed E-state index contributed by atoms with van der Waals surface area (Å²) in [4.78, 5) is 0.794. The Morgan fingerprint density at radius 1 is 1.08 bits per heavy atom. The minimum Gasteiger partial charge on any atom is -0.167 e. The van der Waals surface area contributed by atoms with Gasteiger partial charge in [0.25, 0.3) is 0 Å². The van der Waals surface area contributed by atoms with E-state index in [2.05, 4.69) is 0 Å². The summed E-state index contributed by atoms with van der Waals surface area (Å²) in [6.45, 7) is 0. The van der Waals surface area contributed by atoms with E-state index in [4.69, 9.17) is 0 Å². The lowest BCUT2D eigenvalue weighted by Gasteiger charge is -1.97. The van der Waals surface area contributed by atoms with Crippen LogP contribution < -0.4 is 0 Å². The molecule has 1 rings (SSSR count). The van der Waals surface area contributed by atoms with Crippen molar-refractivity contribution in [2.45, 2.75) is 11.1 Å². The van der Waals surface area contributed by atoms with Crippen LogP contribution in [-0.2, 0) is 0 Å². The summed E-state index contributed by atoms with van der Waals surface area (Å²) in [6, 6.07) is 8.89. The summed E-state index contributed by atoms with van der Waals surface area (Å²) in [5.74, 6) is 0. The molecule has 0 N–H and O–H groups in total. The fraction of sp³-hybridized carbons (Fsp3) is 0.111. The van der Waals surface area contributed by atoms with Crippen LogP contribution in [0.25, 0.3) is 0 Å². The lowest BCUT2D eigenvalue weighted by atomic mass is 10.4. The van der Waals surface area contributed by atoms with E-state index < -0.39 is 6.18 Å². The normalized spacial score (nSPS) is 12.2. The predicted octanol–water partition coefficient (Wildman–Crippen LogP) is 3.85. The SMILES string of the molecule is FC(F)(F)/C=C/Sc1ccccc1. The van der Waals surface area contributed by atoms with Crippen molar-refractivity contribution in [3.05, 3.63) is 41.8 Å². The van der Waals surface area contributed by atoms with E-state index in [0.717, 1.165) is 22.1 Å². The van der Waals surface area contributed by atoms with Crippen molar-refractivity contribution < 1.29 is 13.2 Å². The molecule has 1 aromatic rings. The molecule has 0 nitrogen and oxygen atoms in total. The molecule has 70 valence electrons. The van der Waals surface area contributed by atoms with Crippen LogP contribution in [0.2, 0.25) is 0 Å². The van der Waals surface area contributed by atoms with Crippen molar-refractivity contribution in [3.8, 4) is 0 Å². The van der Waals surface area contributed by atoms with E-state index >= 15 is 0 Å². The van der Waals surface area contributed by atoms with Crippen LogP contribution in [-0.4, -0.2) is 6.18 Å². The second kappa shape index (κ2) is 4.37. The number of allylic oxidation sites excluding steroid dienone is 1. The Morgan fingerprint density at radius 2 is 1.69 bits per heavy atom. The van der Waals surface area contributed by atoms with Gasteiger partial charge >= 0.3 is 6.18 Å². The smallest absolute Gasteiger partial charge is 0.167 e. The summed E-state index contributed by atoms with van der Waals surface area (Å²) in [5.41, 5.74) is 0. The zero-order chi connectivity index (χ0) is 9.73. The Bertz CT molecular complexity index is 277. The standard InChI is InChI=1S/C9H7F3S/c10-9(11,12)6-7-13-8-4-2-1-3-5-8/h1-7H/b7-6+. The molecule has 13 heavy (non-hydrogen) atoms. The molecule has 0 aliphatic heterocycles. The lowest BCUT2D eigenvalue weighted by molar-refractivity contribution is -0.0796. The molecule has 0 amide bonds. The van der Waals surface area contributed by atoms with Crippen LogP contribution >= 0.6 is 11.8 Å².